The van der Waals surface area contributed by atoms with Crippen molar-refractivity contribution in [3.63, 3.8) is 0 Å². The number of halogens is 1. The zero-order valence-corrected chi connectivity index (χ0v) is 10.2. The van der Waals surface area contributed by atoms with Crippen molar-refractivity contribution in [2.24, 2.45) is 11.7 Å². The van der Waals surface area contributed by atoms with Crippen LogP contribution in [0.3, 0.4) is 0 Å². The fourth-order valence-electron chi connectivity index (χ4n) is 1.19. The van der Waals surface area contributed by atoms with E-state index in [4.69, 9.17) is 10.2 Å². The number of hydrogen-bond donors (Lipinski definition) is 2. The molecule has 14 heavy (non-hydrogen) atoms. The Balaban J connectivity index is 2.54. The van der Waals surface area contributed by atoms with Crippen molar-refractivity contribution < 1.29 is 4.42 Å². The van der Waals surface area contributed by atoms with Crippen molar-refractivity contribution in [3.8, 4) is 0 Å². The highest BCUT2D eigenvalue weighted by Crippen LogP contribution is 2.19. The van der Waals surface area contributed by atoms with E-state index < -0.39 is 0 Å². The van der Waals surface area contributed by atoms with E-state index in [9.17, 15) is 0 Å². The van der Waals surface area contributed by atoms with Gasteiger partial charge in [-0.25, -0.2) is 0 Å². The molecule has 1 heterocycles. The smallest absolute Gasteiger partial charge is 0.169 e. The fraction of sp³-hybridized carbons (Fsp3) is 0.600. The summed E-state index contributed by atoms with van der Waals surface area (Å²) < 4.78 is 6.19. The molecule has 0 saturated heterocycles. The van der Waals surface area contributed by atoms with Crippen LogP contribution in [-0.4, -0.2) is 13.1 Å². The standard InChI is InChI=1S/C10H17BrN2O/c1-7(2)6-13-8(5-12)9-3-4-10(11)14-9/h3-4,7-8,13H,5-6,12H2,1-2H3. The second-order valence-corrected chi connectivity index (χ2v) is 4.51. The molecule has 0 aliphatic carbocycles. The minimum Gasteiger partial charge on any atom is -0.453 e. The SMILES string of the molecule is CC(C)CNC(CN)c1ccc(Br)o1. The zero-order chi connectivity index (χ0) is 10.6. The molecule has 0 fully saturated rings. The molecule has 1 aromatic heterocycles. The van der Waals surface area contributed by atoms with Crippen molar-refractivity contribution >= 4 is 15.9 Å². The maximum atomic E-state index is 5.66. The van der Waals surface area contributed by atoms with E-state index in [2.05, 4.69) is 35.1 Å². The Labute approximate surface area is 93.2 Å². The van der Waals surface area contributed by atoms with Crippen LogP contribution in [0.2, 0.25) is 0 Å². The Morgan fingerprint density at radius 2 is 2.21 bits per heavy atom. The molecule has 1 aromatic rings. The number of rotatable bonds is 5. The third-order valence-corrected chi connectivity index (χ3v) is 2.37. The molecule has 1 unspecified atom stereocenters. The van der Waals surface area contributed by atoms with E-state index in [1.165, 1.54) is 0 Å². The van der Waals surface area contributed by atoms with Crippen LogP contribution in [-0.2, 0) is 0 Å². The Morgan fingerprint density at radius 3 is 2.64 bits per heavy atom. The number of nitrogens with one attached hydrogen (secondary N) is 1. The molecule has 0 amide bonds. The van der Waals surface area contributed by atoms with Gasteiger partial charge in [0.15, 0.2) is 4.67 Å². The second-order valence-electron chi connectivity index (χ2n) is 3.73. The molecule has 0 aliphatic rings. The second kappa shape index (κ2) is 5.53. The van der Waals surface area contributed by atoms with E-state index in [1.807, 2.05) is 12.1 Å². The first-order chi connectivity index (χ1) is 6.63. The molecule has 3 N–H and O–H groups in total. The molecule has 80 valence electrons. The van der Waals surface area contributed by atoms with Crippen molar-refractivity contribution in [1.29, 1.82) is 0 Å². The molecule has 0 aliphatic heterocycles. The summed E-state index contributed by atoms with van der Waals surface area (Å²) in [5, 5.41) is 3.36. The summed E-state index contributed by atoms with van der Waals surface area (Å²) in [7, 11) is 0. The van der Waals surface area contributed by atoms with Crippen molar-refractivity contribution in [2.45, 2.75) is 19.9 Å². The van der Waals surface area contributed by atoms with Crippen LogP contribution in [0.4, 0.5) is 0 Å². The number of nitrogens with two attached hydrogens (primary N) is 1. The number of furan rings is 1. The van der Waals surface area contributed by atoms with Gasteiger partial charge in [-0.1, -0.05) is 13.8 Å². The molecule has 0 spiro atoms. The monoisotopic (exact) mass is 260 g/mol. The summed E-state index contributed by atoms with van der Waals surface area (Å²) in [5.74, 6) is 1.50. The van der Waals surface area contributed by atoms with Gasteiger partial charge < -0.3 is 15.5 Å². The van der Waals surface area contributed by atoms with Gasteiger partial charge in [-0.15, -0.1) is 0 Å². The largest absolute Gasteiger partial charge is 0.453 e. The predicted octanol–water partition coefficient (Wildman–Crippen LogP) is 2.29. The first kappa shape index (κ1) is 11.8. The van der Waals surface area contributed by atoms with Crippen LogP contribution in [0, 0.1) is 5.92 Å². The quantitative estimate of drug-likeness (QED) is 0.855. The van der Waals surface area contributed by atoms with E-state index in [-0.39, 0.29) is 6.04 Å². The van der Waals surface area contributed by atoms with Gasteiger partial charge >= 0.3 is 0 Å². The summed E-state index contributed by atoms with van der Waals surface area (Å²) in [5.41, 5.74) is 5.66. The zero-order valence-electron chi connectivity index (χ0n) is 8.59. The first-order valence-corrected chi connectivity index (χ1v) is 5.61. The third-order valence-electron chi connectivity index (χ3n) is 1.95. The molecular weight excluding hydrogens is 244 g/mol. The van der Waals surface area contributed by atoms with Crippen LogP contribution in [0.1, 0.15) is 25.6 Å². The van der Waals surface area contributed by atoms with Crippen LogP contribution in [0.5, 0.6) is 0 Å². The number of hydrogen-bond acceptors (Lipinski definition) is 3. The first-order valence-electron chi connectivity index (χ1n) is 4.82. The van der Waals surface area contributed by atoms with Crippen LogP contribution in [0.25, 0.3) is 0 Å². The molecule has 0 radical (unpaired) electrons. The molecule has 3 nitrogen and oxygen atoms in total. The Kier molecular flexibility index (Phi) is 4.65. The molecular formula is C10H17BrN2O. The van der Waals surface area contributed by atoms with Crippen LogP contribution >= 0.6 is 15.9 Å². The topological polar surface area (TPSA) is 51.2 Å². The lowest BCUT2D eigenvalue weighted by molar-refractivity contribution is 0.390. The van der Waals surface area contributed by atoms with Crippen molar-refractivity contribution in [3.05, 3.63) is 22.6 Å². The fourth-order valence-corrected chi connectivity index (χ4v) is 1.51. The van der Waals surface area contributed by atoms with Gasteiger partial charge in [0.25, 0.3) is 0 Å². The van der Waals surface area contributed by atoms with Gasteiger partial charge in [0, 0.05) is 6.54 Å². The molecule has 1 atom stereocenters. The lowest BCUT2D eigenvalue weighted by Crippen LogP contribution is -2.30. The molecule has 0 saturated carbocycles. The third kappa shape index (κ3) is 3.44. The highest BCUT2D eigenvalue weighted by atomic mass is 79.9. The highest BCUT2D eigenvalue weighted by molar-refractivity contribution is 9.10. The summed E-state index contributed by atoms with van der Waals surface area (Å²) >= 11 is 3.27. The van der Waals surface area contributed by atoms with E-state index in [1.54, 1.807) is 0 Å². The predicted molar refractivity (Wildman–Crippen MR) is 61.0 cm³/mol. The Morgan fingerprint density at radius 1 is 1.50 bits per heavy atom. The molecule has 0 bridgehead atoms. The van der Waals surface area contributed by atoms with E-state index in [0.29, 0.717) is 12.5 Å². The Hall–Kier alpha value is -0.320. The highest BCUT2D eigenvalue weighted by Gasteiger charge is 2.13. The lowest BCUT2D eigenvalue weighted by atomic mass is 10.2. The average molecular weight is 261 g/mol. The molecule has 4 heteroatoms. The van der Waals surface area contributed by atoms with E-state index >= 15 is 0 Å². The van der Waals surface area contributed by atoms with Gasteiger partial charge in [0.05, 0.1) is 6.04 Å². The van der Waals surface area contributed by atoms with Gasteiger partial charge in [0.2, 0.25) is 0 Å². The summed E-state index contributed by atoms with van der Waals surface area (Å²) in [6.45, 7) is 5.82. The lowest BCUT2D eigenvalue weighted by Gasteiger charge is -2.15. The van der Waals surface area contributed by atoms with Gasteiger partial charge in [-0.2, -0.15) is 0 Å². The van der Waals surface area contributed by atoms with Crippen molar-refractivity contribution in [1.82, 2.24) is 5.32 Å². The van der Waals surface area contributed by atoms with Crippen LogP contribution < -0.4 is 11.1 Å². The normalized spacial score (nSPS) is 13.5. The maximum absolute atomic E-state index is 5.66. The van der Waals surface area contributed by atoms with E-state index in [0.717, 1.165) is 17.0 Å². The van der Waals surface area contributed by atoms with Gasteiger partial charge in [-0.05, 0) is 40.5 Å². The average Bonchev–Trinajstić information content (AvgIpc) is 2.53. The maximum Gasteiger partial charge on any atom is 0.169 e. The summed E-state index contributed by atoms with van der Waals surface area (Å²) in [4.78, 5) is 0. The van der Waals surface area contributed by atoms with Crippen LogP contribution in [0.15, 0.2) is 21.2 Å². The summed E-state index contributed by atoms with van der Waals surface area (Å²) in [6.07, 6.45) is 0. The minimum absolute atomic E-state index is 0.115. The molecule has 1 rings (SSSR count). The molecule has 0 aromatic carbocycles. The summed E-state index contributed by atoms with van der Waals surface area (Å²) in [6, 6.07) is 3.94. The van der Waals surface area contributed by atoms with Crippen molar-refractivity contribution in [2.75, 3.05) is 13.1 Å². The minimum atomic E-state index is 0.115. The Bertz CT molecular complexity index is 273. The van der Waals surface area contributed by atoms with Gasteiger partial charge in [-0.3, -0.25) is 0 Å². The van der Waals surface area contributed by atoms with Gasteiger partial charge in [0.1, 0.15) is 5.76 Å².